The van der Waals surface area contributed by atoms with Crippen molar-refractivity contribution >= 4 is 28.2 Å². The molecule has 0 atom stereocenters. The molecule has 3 aromatic rings. The summed E-state index contributed by atoms with van der Waals surface area (Å²) in [5, 5.41) is 9.89. The number of amides is 2. The Morgan fingerprint density at radius 2 is 2.07 bits per heavy atom. The van der Waals surface area contributed by atoms with Gasteiger partial charge in [-0.3, -0.25) is 0 Å². The molecular weight excluding hydrogens is 364 g/mol. The molecule has 0 spiro atoms. The number of benzene rings is 1. The Morgan fingerprint density at radius 1 is 1.26 bits per heavy atom. The van der Waals surface area contributed by atoms with E-state index >= 15 is 0 Å². The molecule has 0 aliphatic carbocycles. The molecule has 1 aromatic carbocycles. The number of aryl methyl sites for hydroxylation is 1. The second kappa shape index (κ2) is 7.75. The molecule has 9 heteroatoms. The molecule has 140 valence electrons. The molecule has 1 aliphatic heterocycles. The number of nitrogens with one attached hydrogen (secondary N) is 1. The van der Waals surface area contributed by atoms with Crippen LogP contribution in [0, 0.1) is 0 Å². The van der Waals surface area contributed by atoms with Gasteiger partial charge in [-0.25, -0.2) is 9.78 Å². The van der Waals surface area contributed by atoms with E-state index in [4.69, 9.17) is 4.52 Å². The SMILES string of the molecule is CCc1noc(-c2ccccc2NC(=O)N2CCN(c3nccs3)CC2)n1. The number of carbonyl (C=O) groups excluding carboxylic acids is 1. The smallest absolute Gasteiger partial charge is 0.321 e. The van der Waals surface area contributed by atoms with Crippen molar-refractivity contribution in [1.82, 2.24) is 20.0 Å². The zero-order chi connectivity index (χ0) is 18.6. The summed E-state index contributed by atoms with van der Waals surface area (Å²) in [5.41, 5.74) is 1.38. The maximum absolute atomic E-state index is 12.7. The summed E-state index contributed by atoms with van der Waals surface area (Å²) >= 11 is 1.62. The number of urea groups is 1. The van der Waals surface area contributed by atoms with Gasteiger partial charge >= 0.3 is 6.03 Å². The summed E-state index contributed by atoms with van der Waals surface area (Å²) in [6.07, 6.45) is 2.50. The lowest BCUT2D eigenvalue weighted by Gasteiger charge is -2.34. The van der Waals surface area contributed by atoms with E-state index in [9.17, 15) is 4.79 Å². The number of piperazine rings is 1. The molecule has 4 rings (SSSR count). The molecule has 3 heterocycles. The number of aromatic nitrogens is 3. The fraction of sp³-hybridized carbons (Fsp3) is 0.333. The maximum atomic E-state index is 12.7. The second-order valence-corrected chi connectivity index (χ2v) is 7.01. The molecule has 1 fully saturated rings. The molecule has 0 radical (unpaired) electrons. The van der Waals surface area contributed by atoms with Crippen LogP contribution in [0.25, 0.3) is 11.5 Å². The normalized spacial score (nSPS) is 14.4. The Kier molecular flexibility index (Phi) is 5.01. The van der Waals surface area contributed by atoms with Crippen molar-refractivity contribution in [2.45, 2.75) is 13.3 Å². The van der Waals surface area contributed by atoms with E-state index in [1.165, 1.54) is 0 Å². The molecule has 0 bridgehead atoms. The summed E-state index contributed by atoms with van der Waals surface area (Å²) < 4.78 is 5.33. The average molecular weight is 384 g/mol. The van der Waals surface area contributed by atoms with Crippen molar-refractivity contribution in [3.8, 4) is 11.5 Å². The van der Waals surface area contributed by atoms with Crippen LogP contribution < -0.4 is 10.2 Å². The van der Waals surface area contributed by atoms with Crippen molar-refractivity contribution in [2.75, 3.05) is 36.4 Å². The van der Waals surface area contributed by atoms with Gasteiger partial charge in [-0.05, 0) is 12.1 Å². The minimum Gasteiger partial charge on any atom is -0.345 e. The quantitative estimate of drug-likeness (QED) is 0.744. The topological polar surface area (TPSA) is 87.4 Å². The molecule has 27 heavy (non-hydrogen) atoms. The van der Waals surface area contributed by atoms with Gasteiger partial charge in [-0.2, -0.15) is 4.98 Å². The first-order chi connectivity index (χ1) is 13.2. The van der Waals surface area contributed by atoms with Crippen molar-refractivity contribution in [3.63, 3.8) is 0 Å². The van der Waals surface area contributed by atoms with Gasteiger partial charge in [0.25, 0.3) is 5.89 Å². The van der Waals surface area contributed by atoms with Gasteiger partial charge in [0.05, 0.1) is 11.3 Å². The number of hydrogen-bond acceptors (Lipinski definition) is 7. The first kappa shape index (κ1) is 17.5. The summed E-state index contributed by atoms with van der Waals surface area (Å²) in [6, 6.07) is 7.33. The fourth-order valence-electron chi connectivity index (χ4n) is 2.95. The van der Waals surface area contributed by atoms with E-state index < -0.39 is 0 Å². The van der Waals surface area contributed by atoms with Crippen LogP contribution in [0.4, 0.5) is 15.6 Å². The third kappa shape index (κ3) is 3.77. The van der Waals surface area contributed by atoms with Gasteiger partial charge in [0.15, 0.2) is 11.0 Å². The number of nitrogens with zero attached hydrogens (tertiary/aromatic N) is 5. The molecule has 1 N–H and O–H groups in total. The standard InChI is InChI=1S/C18H20N6O2S/c1-2-15-21-16(26-22-15)13-5-3-4-6-14(13)20-17(25)23-8-10-24(11-9-23)18-19-7-12-27-18/h3-7,12H,2,8-11H2,1H3,(H,20,25). The van der Waals surface area contributed by atoms with Crippen LogP contribution in [-0.4, -0.2) is 52.2 Å². The van der Waals surface area contributed by atoms with Crippen molar-refractivity contribution in [3.05, 3.63) is 41.7 Å². The van der Waals surface area contributed by atoms with Gasteiger partial charge < -0.3 is 19.6 Å². The summed E-state index contributed by atoms with van der Waals surface area (Å²) in [5.74, 6) is 1.06. The number of hydrogen-bond donors (Lipinski definition) is 1. The summed E-state index contributed by atoms with van der Waals surface area (Å²) in [6.45, 7) is 4.80. The van der Waals surface area contributed by atoms with Crippen molar-refractivity contribution in [2.24, 2.45) is 0 Å². The van der Waals surface area contributed by atoms with E-state index in [0.29, 0.717) is 36.9 Å². The number of anilines is 2. The largest absolute Gasteiger partial charge is 0.345 e. The zero-order valence-electron chi connectivity index (χ0n) is 15.0. The highest BCUT2D eigenvalue weighted by molar-refractivity contribution is 7.13. The molecule has 1 aliphatic rings. The predicted molar refractivity (Wildman–Crippen MR) is 104 cm³/mol. The Balaban J connectivity index is 1.43. The minimum absolute atomic E-state index is 0.128. The van der Waals surface area contributed by atoms with Crippen LogP contribution in [0.5, 0.6) is 0 Å². The fourth-order valence-corrected chi connectivity index (χ4v) is 3.65. The van der Waals surface area contributed by atoms with Gasteiger partial charge in [0, 0.05) is 44.2 Å². The van der Waals surface area contributed by atoms with Gasteiger partial charge in [-0.15, -0.1) is 11.3 Å². The van der Waals surface area contributed by atoms with Gasteiger partial charge in [0.1, 0.15) is 0 Å². The maximum Gasteiger partial charge on any atom is 0.321 e. The number of rotatable bonds is 4. The van der Waals surface area contributed by atoms with E-state index in [1.54, 1.807) is 17.5 Å². The van der Waals surface area contributed by atoms with E-state index in [0.717, 1.165) is 23.8 Å². The van der Waals surface area contributed by atoms with Crippen LogP contribution in [0.1, 0.15) is 12.7 Å². The zero-order valence-corrected chi connectivity index (χ0v) is 15.8. The Morgan fingerprint density at radius 3 is 2.78 bits per heavy atom. The number of thiazole rings is 1. The molecule has 2 aromatic heterocycles. The average Bonchev–Trinajstić information content (AvgIpc) is 3.40. The van der Waals surface area contributed by atoms with Crippen LogP contribution in [0.2, 0.25) is 0 Å². The lowest BCUT2D eigenvalue weighted by molar-refractivity contribution is 0.208. The second-order valence-electron chi connectivity index (χ2n) is 6.13. The van der Waals surface area contributed by atoms with Crippen LogP contribution in [-0.2, 0) is 6.42 Å². The summed E-state index contributed by atoms with van der Waals surface area (Å²) in [4.78, 5) is 25.4. The van der Waals surface area contributed by atoms with E-state index in [1.807, 2.05) is 41.5 Å². The molecule has 0 saturated carbocycles. The first-order valence-electron chi connectivity index (χ1n) is 8.87. The Bertz CT molecular complexity index is 902. The number of para-hydroxylation sites is 1. The van der Waals surface area contributed by atoms with Gasteiger partial charge in [0.2, 0.25) is 0 Å². The predicted octanol–water partition coefficient (Wildman–Crippen LogP) is 3.11. The highest BCUT2D eigenvalue weighted by Crippen LogP contribution is 2.27. The van der Waals surface area contributed by atoms with Gasteiger partial charge in [-0.1, -0.05) is 24.2 Å². The van der Waals surface area contributed by atoms with Crippen LogP contribution in [0.15, 0.2) is 40.4 Å². The molecule has 8 nitrogen and oxygen atoms in total. The van der Waals surface area contributed by atoms with Crippen LogP contribution >= 0.6 is 11.3 Å². The highest BCUT2D eigenvalue weighted by Gasteiger charge is 2.23. The Labute approximate surface area is 160 Å². The molecule has 2 amide bonds. The lowest BCUT2D eigenvalue weighted by Crippen LogP contribution is -2.50. The van der Waals surface area contributed by atoms with E-state index in [2.05, 4.69) is 25.3 Å². The summed E-state index contributed by atoms with van der Waals surface area (Å²) in [7, 11) is 0. The molecule has 0 unspecified atom stereocenters. The first-order valence-corrected chi connectivity index (χ1v) is 9.75. The number of carbonyl (C=O) groups is 1. The van der Waals surface area contributed by atoms with Crippen molar-refractivity contribution in [1.29, 1.82) is 0 Å². The Hall–Kier alpha value is -2.94. The highest BCUT2D eigenvalue weighted by atomic mass is 32.1. The van der Waals surface area contributed by atoms with E-state index in [-0.39, 0.29) is 6.03 Å². The monoisotopic (exact) mass is 384 g/mol. The molecule has 1 saturated heterocycles. The third-order valence-corrected chi connectivity index (χ3v) is 5.27. The minimum atomic E-state index is -0.128. The van der Waals surface area contributed by atoms with Crippen molar-refractivity contribution < 1.29 is 9.32 Å². The third-order valence-electron chi connectivity index (χ3n) is 4.44. The molecular formula is C18H20N6O2S. The lowest BCUT2D eigenvalue weighted by atomic mass is 10.1. The van der Waals surface area contributed by atoms with Crippen LogP contribution in [0.3, 0.4) is 0 Å².